The van der Waals surface area contributed by atoms with Crippen molar-refractivity contribution in [1.82, 2.24) is 14.7 Å². The summed E-state index contributed by atoms with van der Waals surface area (Å²) in [6.45, 7) is 6.23. The number of hydrogen-bond donors (Lipinski definition) is 2. The fourth-order valence-electron chi connectivity index (χ4n) is 2.25. The fourth-order valence-corrected chi connectivity index (χ4v) is 2.25. The summed E-state index contributed by atoms with van der Waals surface area (Å²) >= 11 is 0. The Kier molecular flexibility index (Phi) is 4.93. The second kappa shape index (κ2) is 6.68. The standard InChI is InChI=1S/C15H23N3O/c1-12(11-19)6-5-8-16-10-14-13(2)17-15-7-3-4-9-18(14)15/h3-4,7,9,12,16,19H,5-6,8,10-11H2,1-2H3. The molecule has 0 aliphatic heterocycles. The highest BCUT2D eigenvalue weighted by atomic mass is 16.3. The van der Waals surface area contributed by atoms with Crippen molar-refractivity contribution >= 4 is 5.65 Å². The van der Waals surface area contributed by atoms with Gasteiger partial charge in [-0.3, -0.25) is 0 Å². The van der Waals surface area contributed by atoms with Gasteiger partial charge in [-0.25, -0.2) is 4.98 Å². The number of pyridine rings is 1. The van der Waals surface area contributed by atoms with Crippen molar-refractivity contribution in [2.24, 2.45) is 5.92 Å². The molecule has 4 nitrogen and oxygen atoms in total. The Hall–Kier alpha value is -1.39. The number of aryl methyl sites for hydroxylation is 1. The number of aliphatic hydroxyl groups is 1. The summed E-state index contributed by atoms with van der Waals surface area (Å²) in [4.78, 5) is 4.54. The molecule has 2 rings (SSSR count). The summed E-state index contributed by atoms with van der Waals surface area (Å²) in [5.41, 5.74) is 3.32. The lowest BCUT2D eigenvalue weighted by atomic mass is 10.1. The average Bonchev–Trinajstić information content (AvgIpc) is 2.74. The van der Waals surface area contributed by atoms with Gasteiger partial charge in [-0.15, -0.1) is 0 Å². The number of nitrogens with zero attached hydrogens (tertiary/aromatic N) is 2. The van der Waals surface area contributed by atoms with Gasteiger partial charge in [-0.1, -0.05) is 13.0 Å². The lowest BCUT2D eigenvalue weighted by Crippen LogP contribution is -2.17. The highest BCUT2D eigenvalue weighted by Gasteiger charge is 2.07. The van der Waals surface area contributed by atoms with Gasteiger partial charge in [0.25, 0.3) is 0 Å². The molecule has 0 aliphatic rings. The number of rotatable bonds is 7. The molecule has 4 heteroatoms. The zero-order valence-electron chi connectivity index (χ0n) is 11.8. The number of imidazole rings is 1. The molecule has 2 N–H and O–H groups in total. The van der Waals surface area contributed by atoms with Crippen LogP contribution in [-0.2, 0) is 6.54 Å². The van der Waals surface area contributed by atoms with E-state index in [0.29, 0.717) is 5.92 Å². The van der Waals surface area contributed by atoms with Crippen molar-refractivity contribution in [1.29, 1.82) is 0 Å². The first kappa shape index (κ1) is 14.0. The van der Waals surface area contributed by atoms with Crippen LogP contribution in [0, 0.1) is 12.8 Å². The molecule has 2 aromatic heterocycles. The fraction of sp³-hybridized carbons (Fsp3) is 0.533. The van der Waals surface area contributed by atoms with E-state index in [-0.39, 0.29) is 6.61 Å². The highest BCUT2D eigenvalue weighted by molar-refractivity contribution is 5.42. The van der Waals surface area contributed by atoms with Gasteiger partial charge in [0.2, 0.25) is 0 Å². The van der Waals surface area contributed by atoms with Crippen LogP contribution in [0.4, 0.5) is 0 Å². The summed E-state index contributed by atoms with van der Waals surface area (Å²) in [6, 6.07) is 6.06. The van der Waals surface area contributed by atoms with Crippen LogP contribution >= 0.6 is 0 Å². The zero-order valence-corrected chi connectivity index (χ0v) is 11.8. The van der Waals surface area contributed by atoms with Gasteiger partial charge in [-0.05, 0) is 44.4 Å². The average molecular weight is 261 g/mol. The largest absolute Gasteiger partial charge is 0.396 e. The lowest BCUT2D eigenvalue weighted by Gasteiger charge is -2.08. The van der Waals surface area contributed by atoms with Crippen molar-refractivity contribution in [2.75, 3.05) is 13.2 Å². The molecule has 0 bridgehead atoms. The first-order valence-corrected chi connectivity index (χ1v) is 6.96. The molecule has 0 fully saturated rings. The van der Waals surface area contributed by atoms with E-state index in [4.69, 9.17) is 5.11 Å². The van der Waals surface area contributed by atoms with Crippen LogP contribution in [0.1, 0.15) is 31.2 Å². The molecule has 1 atom stereocenters. The van der Waals surface area contributed by atoms with E-state index < -0.39 is 0 Å². The van der Waals surface area contributed by atoms with Crippen molar-refractivity contribution in [2.45, 2.75) is 33.2 Å². The van der Waals surface area contributed by atoms with Crippen LogP contribution in [0.25, 0.3) is 5.65 Å². The minimum Gasteiger partial charge on any atom is -0.396 e. The highest BCUT2D eigenvalue weighted by Crippen LogP contribution is 2.11. The van der Waals surface area contributed by atoms with E-state index in [9.17, 15) is 0 Å². The maximum atomic E-state index is 8.96. The Morgan fingerprint density at radius 3 is 3.05 bits per heavy atom. The van der Waals surface area contributed by atoms with E-state index in [2.05, 4.69) is 34.7 Å². The summed E-state index contributed by atoms with van der Waals surface area (Å²) in [7, 11) is 0. The Balaban J connectivity index is 1.86. The number of hydrogen-bond acceptors (Lipinski definition) is 3. The first-order valence-electron chi connectivity index (χ1n) is 6.96. The molecular formula is C15H23N3O. The summed E-state index contributed by atoms with van der Waals surface area (Å²) in [6.07, 6.45) is 4.22. The Morgan fingerprint density at radius 2 is 2.26 bits per heavy atom. The van der Waals surface area contributed by atoms with Crippen LogP contribution in [-0.4, -0.2) is 27.6 Å². The van der Waals surface area contributed by atoms with Crippen molar-refractivity contribution in [3.05, 3.63) is 35.8 Å². The molecular weight excluding hydrogens is 238 g/mol. The molecule has 104 valence electrons. The minimum atomic E-state index is 0.284. The van der Waals surface area contributed by atoms with Gasteiger partial charge in [-0.2, -0.15) is 0 Å². The molecule has 19 heavy (non-hydrogen) atoms. The maximum absolute atomic E-state index is 8.96. The Morgan fingerprint density at radius 1 is 1.42 bits per heavy atom. The predicted octanol–water partition coefficient (Wildman–Crippen LogP) is 2.14. The maximum Gasteiger partial charge on any atom is 0.137 e. The van der Waals surface area contributed by atoms with E-state index in [0.717, 1.165) is 37.3 Å². The third kappa shape index (κ3) is 3.55. The van der Waals surface area contributed by atoms with E-state index in [1.165, 1.54) is 5.69 Å². The van der Waals surface area contributed by atoms with E-state index in [1.807, 2.05) is 18.2 Å². The molecule has 0 saturated carbocycles. The minimum absolute atomic E-state index is 0.284. The van der Waals surface area contributed by atoms with Gasteiger partial charge in [0.05, 0.1) is 11.4 Å². The van der Waals surface area contributed by atoms with E-state index >= 15 is 0 Å². The molecule has 0 aromatic carbocycles. The molecule has 0 radical (unpaired) electrons. The Bertz CT molecular complexity index is 521. The third-order valence-electron chi connectivity index (χ3n) is 3.48. The van der Waals surface area contributed by atoms with Gasteiger partial charge in [0.15, 0.2) is 0 Å². The lowest BCUT2D eigenvalue weighted by molar-refractivity contribution is 0.228. The van der Waals surface area contributed by atoms with Crippen molar-refractivity contribution in [3.8, 4) is 0 Å². The van der Waals surface area contributed by atoms with Crippen molar-refractivity contribution < 1.29 is 5.11 Å². The molecule has 1 unspecified atom stereocenters. The SMILES string of the molecule is Cc1nc2ccccn2c1CNCCCC(C)CO. The number of fused-ring (bicyclic) bond motifs is 1. The molecule has 0 saturated heterocycles. The second-order valence-corrected chi connectivity index (χ2v) is 5.18. The molecule has 2 aromatic rings. The van der Waals surface area contributed by atoms with Crippen LogP contribution in [0.15, 0.2) is 24.4 Å². The number of nitrogens with one attached hydrogen (secondary N) is 1. The quantitative estimate of drug-likeness (QED) is 0.751. The summed E-state index contributed by atoms with van der Waals surface area (Å²) in [5.74, 6) is 0.402. The number of aliphatic hydroxyl groups excluding tert-OH is 1. The van der Waals surface area contributed by atoms with Gasteiger partial charge in [0, 0.05) is 19.3 Å². The molecule has 0 aliphatic carbocycles. The first-order chi connectivity index (χ1) is 9.22. The molecule has 0 spiro atoms. The number of aromatic nitrogens is 2. The van der Waals surface area contributed by atoms with Crippen LogP contribution in [0.5, 0.6) is 0 Å². The smallest absolute Gasteiger partial charge is 0.137 e. The van der Waals surface area contributed by atoms with Crippen LogP contribution in [0.3, 0.4) is 0 Å². The van der Waals surface area contributed by atoms with Gasteiger partial charge >= 0.3 is 0 Å². The van der Waals surface area contributed by atoms with Crippen molar-refractivity contribution in [3.63, 3.8) is 0 Å². The Labute approximate surface area is 114 Å². The predicted molar refractivity (Wildman–Crippen MR) is 77.1 cm³/mol. The van der Waals surface area contributed by atoms with Crippen LogP contribution < -0.4 is 5.32 Å². The summed E-state index contributed by atoms with van der Waals surface area (Å²) in [5, 5.41) is 12.4. The molecule has 2 heterocycles. The van der Waals surface area contributed by atoms with Crippen LogP contribution in [0.2, 0.25) is 0 Å². The monoisotopic (exact) mass is 261 g/mol. The topological polar surface area (TPSA) is 49.6 Å². The normalized spacial score (nSPS) is 13.0. The third-order valence-corrected chi connectivity index (χ3v) is 3.48. The second-order valence-electron chi connectivity index (χ2n) is 5.18. The van der Waals surface area contributed by atoms with E-state index in [1.54, 1.807) is 0 Å². The van der Waals surface area contributed by atoms with Gasteiger partial charge in [0.1, 0.15) is 5.65 Å². The molecule has 0 amide bonds. The van der Waals surface area contributed by atoms with Gasteiger partial charge < -0.3 is 14.8 Å². The summed E-state index contributed by atoms with van der Waals surface area (Å²) < 4.78 is 2.14. The zero-order chi connectivity index (χ0) is 13.7.